The Hall–Kier alpha value is -2.61. The normalized spacial score (nSPS) is 18.3. The van der Waals surface area contributed by atoms with Crippen molar-refractivity contribution < 1.29 is 26.4 Å². The predicted molar refractivity (Wildman–Crippen MR) is 86.3 cm³/mol. The molecule has 0 bridgehead atoms. The summed E-state index contributed by atoms with van der Waals surface area (Å²) in [6.07, 6.45) is 1.26. The Labute approximate surface area is 142 Å². The van der Waals surface area contributed by atoms with Crippen LogP contribution < -0.4 is 4.90 Å². The first-order chi connectivity index (χ1) is 11.8. The summed E-state index contributed by atoms with van der Waals surface area (Å²) in [6.45, 7) is 0. The van der Waals surface area contributed by atoms with Gasteiger partial charge in [0.15, 0.2) is 9.84 Å². The first kappa shape index (κ1) is 17.2. The van der Waals surface area contributed by atoms with Crippen molar-refractivity contribution in [1.29, 1.82) is 0 Å². The molecule has 4 nitrogen and oxygen atoms in total. The number of carbonyl (C=O) groups is 1. The van der Waals surface area contributed by atoms with Crippen molar-refractivity contribution in [3.05, 3.63) is 77.0 Å². The van der Waals surface area contributed by atoms with Gasteiger partial charge in [0.2, 0.25) is 0 Å². The lowest BCUT2D eigenvalue weighted by molar-refractivity contribution is 0.0975. The average molecular weight is 367 g/mol. The molecule has 0 radical (unpaired) electrons. The molecule has 2 aromatic carbocycles. The molecule has 0 saturated carbocycles. The molecule has 0 aliphatic carbocycles. The number of rotatable bonds is 3. The lowest BCUT2D eigenvalue weighted by Gasteiger charge is -2.28. The van der Waals surface area contributed by atoms with Crippen molar-refractivity contribution in [2.45, 2.75) is 6.04 Å². The van der Waals surface area contributed by atoms with Crippen molar-refractivity contribution in [1.82, 2.24) is 0 Å². The maximum atomic E-state index is 14.0. The largest absolute Gasteiger partial charge is 0.300 e. The molecule has 1 atom stereocenters. The lowest BCUT2D eigenvalue weighted by atomic mass is 10.1. The van der Waals surface area contributed by atoms with Crippen molar-refractivity contribution in [3.63, 3.8) is 0 Å². The molecule has 130 valence electrons. The fourth-order valence-corrected chi connectivity index (χ4v) is 3.87. The molecule has 25 heavy (non-hydrogen) atoms. The summed E-state index contributed by atoms with van der Waals surface area (Å²) < 4.78 is 64.5. The maximum Gasteiger partial charge on any atom is 0.264 e. The van der Waals surface area contributed by atoms with Gasteiger partial charge < -0.3 is 4.90 Å². The number of halogens is 3. The Morgan fingerprint density at radius 1 is 1.00 bits per heavy atom. The van der Waals surface area contributed by atoms with Crippen molar-refractivity contribution in [2.24, 2.45) is 0 Å². The Morgan fingerprint density at radius 2 is 1.60 bits per heavy atom. The highest BCUT2D eigenvalue weighted by atomic mass is 32.2. The van der Waals surface area contributed by atoms with Crippen LogP contribution in [0, 0.1) is 17.5 Å². The second-order valence-corrected chi connectivity index (χ2v) is 7.40. The molecule has 2 aromatic rings. The molecule has 8 heteroatoms. The van der Waals surface area contributed by atoms with E-state index in [9.17, 15) is 26.4 Å². The van der Waals surface area contributed by atoms with Gasteiger partial charge in [-0.3, -0.25) is 4.79 Å². The Kier molecular flexibility index (Phi) is 4.38. The van der Waals surface area contributed by atoms with Crippen LogP contribution >= 0.6 is 0 Å². The number of hydrogen-bond donors (Lipinski definition) is 0. The van der Waals surface area contributed by atoms with E-state index in [4.69, 9.17) is 0 Å². The van der Waals surface area contributed by atoms with E-state index < -0.39 is 50.6 Å². The molecular weight excluding hydrogens is 355 g/mol. The molecule has 3 rings (SSSR count). The van der Waals surface area contributed by atoms with Gasteiger partial charge in [-0.1, -0.05) is 6.07 Å². The highest BCUT2D eigenvalue weighted by Gasteiger charge is 2.34. The van der Waals surface area contributed by atoms with Crippen LogP contribution in [0.25, 0.3) is 0 Å². The second kappa shape index (κ2) is 6.36. The molecule has 0 aromatic heterocycles. The molecule has 1 heterocycles. The zero-order valence-corrected chi connectivity index (χ0v) is 13.5. The molecular formula is C17H12F3NO3S. The van der Waals surface area contributed by atoms with Gasteiger partial charge in [0.25, 0.3) is 5.91 Å². The fraction of sp³-hybridized carbons (Fsp3) is 0.118. The Bertz CT molecular complexity index is 935. The first-order valence-corrected chi connectivity index (χ1v) is 8.94. The zero-order valence-electron chi connectivity index (χ0n) is 12.7. The van der Waals surface area contributed by atoms with Gasteiger partial charge in [0, 0.05) is 11.1 Å². The molecule has 0 spiro atoms. The van der Waals surface area contributed by atoms with Crippen LogP contribution in [0.3, 0.4) is 0 Å². The third-order valence-electron chi connectivity index (χ3n) is 3.74. The van der Waals surface area contributed by atoms with Crippen LogP contribution in [0.4, 0.5) is 18.9 Å². The number of hydrogen-bond acceptors (Lipinski definition) is 3. The summed E-state index contributed by atoms with van der Waals surface area (Å²) in [7, 11) is -3.53. The number of anilines is 1. The molecule has 1 aliphatic rings. The van der Waals surface area contributed by atoms with E-state index >= 15 is 0 Å². The van der Waals surface area contributed by atoms with E-state index in [1.54, 1.807) is 0 Å². The van der Waals surface area contributed by atoms with Gasteiger partial charge in [-0.2, -0.15) is 0 Å². The number of nitrogens with zero attached hydrogens (tertiary/aromatic N) is 1. The van der Waals surface area contributed by atoms with E-state index in [1.807, 2.05) is 0 Å². The van der Waals surface area contributed by atoms with Crippen LogP contribution in [0.5, 0.6) is 0 Å². The van der Waals surface area contributed by atoms with Crippen LogP contribution in [0.1, 0.15) is 10.4 Å². The van der Waals surface area contributed by atoms with Gasteiger partial charge >= 0.3 is 0 Å². The zero-order chi connectivity index (χ0) is 18.2. The maximum absolute atomic E-state index is 14.0. The van der Waals surface area contributed by atoms with Gasteiger partial charge in [0.05, 0.1) is 11.8 Å². The number of carbonyl (C=O) groups excluding carboxylic acids is 1. The molecule has 1 unspecified atom stereocenters. The summed E-state index contributed by atoms with van der Waals surface area (Å²) in [5.74, 6) is -4.17. The number of benzene rings is 2. The summed E-state index contributed by atoms with van der Waals surface area (Å²) in [4.78, 5) is 13.7. The minimum absolute atomic E-state index is 0.126. The third kappa shape index (κ3) is 3.43. The van der Waals surface area contributed by atoms with Crippen molar-refractivity contribution >= 4 is 21.4 Å². The minimum atomic E-state index is -3.53. The van der Waals surface area contributed by atoms with Gasteiger partial charge in [-0.25, -0.2) is 21.6 Å². The monoisotopic (exact) mass is 367 g/mol. The number of sulfone groups is 1. The molecule has 0 saturated heterocycles. The molecule has 0 fully saturated rings. The van der Waals surface area contributed by atoms with E-state index in [1.165, 1.54) is 18.2 Å². The highest BCUT2D eigenvalue weighted by molar-refractivity contribution is 7.94. The van der Waals surface area contributed by atoms with Gasteiger partial charge in [0.1, 0.15) is 23.0 Å². The van der Waals surface area contributed by atoms with Crippen LogP contribution in [0.2, 0.25) is 0 Å². The topological polar surface area (TPSA) is 54.5 Å². The smallest absolute Gasteiger partial charge is 0.264 e. The third-order valence-corrected chi connectivity index (χ3v) is 5.12. The summed E-state index contributed by atoms with van der Waals surface area (Å²) >= 11 is 0. The summed E-state index contributed by atoms with van der Waals surface area (Å²) in [5, 5.41) is 0.944. The molecule has 1 amide bonds. The van der Waals surface area contributed by atoms with Gasteiger partial charge in [-0.05, 0) is 42.5 Å². The fourth-order valence-electron chi connectivity index (χ4n) is 2.60. The SMILES string of the molecule is O=C(c1c(F)cccc1F)N(c1ccc(F)cc1)C1C=CS(=O)(=O)C1. The summed E-state index contributed by atoms with van der Waals surface area (Å²) in [5.41, 5.74) is -0.676. The average Bonchev–Trinajstić information content (AvgIpc) is 2.89. The van der Waals surface area contributed by atoms with E-state index in [0.717, 1.165) is 40.6 Å². The Morgan fingerprint density at radius 3 is 2.12 bits per heavy atom. The van der Waals surface area contributed by atoms with E-state index in [-0.39, 0.29) is 5.69 Å². The lowest BCUT2D eigenvalue weighted by Crippen LogP contribution is -2.42. The van der Waals surface area contributed by atoms with Crippen LogP contribution in [-0.4, -0.2) is 26.1 Å². The first-order valence-electron chi connectivity index (χ1n) is 7.22. The van der Waals surface area contributed by atoms with Crippen molar-refractivity contribution in [3.8, 4) is 0 Å². The second-order valence-electron chi connectivity index (χ2n) is 5.47. The van der Waals surface area contributed by atoms with Gasteiger partial charge in [-0.15, -0.1) is 0 Å². The number of amides is 1. The van der Waals surface area contributed by atoms with E-state index in [0.29, 0.717) is 0 Å². The summed E-state index contributed by atoms with van der Waals surface area (Å²) in [6, 6.07) is 6.64. The predicted octanol–water partition coefficient (Wildman–Crippen LogP) is 3.06. The van der Waals surface area contributed by atoms with Crippen molar-refractivity contribution in [2.75, 3.05) is 10.7 Å². The van der Waals surface area contributed by atoms with Crippen LogP contribution in [0.15, 0.2) is 53.9 Å². The molecule has 0 N–H and O–H groups in total. The van der Waals surface area contributed by atoms with Crippen LogP contribution in [-0.2, 0) is 9.84 Å². The minimum Gasteiger partial charge on any atom is -0.300 e. The quantitative estimate of drug-likeness (QED) is 0.838. The Balaban J connectivity index is 2.10. The standard InChI is InChI=1S/C17H12F3NO3S/c18-11-4-6-12(7-5-11)21(13-8-9-25(23,24)10-13)17(22)16-14(19)2-1-3-15(16)20/h1-9,13H,10H2. The van der Waals surface area contributed by atoms with E-state index in [2.05, 4.69) is 0 Å². The highest BCUT2D eigenvalue weighted by Crippen LogP contribution is 2.27. The molecule has 1 aliphatic heterocycles.